The molecule has 0 unspecified atom stereocenters. The number of rotatable bonds is 4. The first kappa shape index (κ1) is 14.1. The van der Waals surface area contributed by atoms with Crippen LogP contribution >= 0.6 is 0 Å². The molecule has 3 aromatic heterocycles. The molecule has 4 aromatic rings. The van der Waals surface area contributed by atoms with Crippen molar-refractivity contribution in [3.05, 3.63) is 54.0 Å². The Morgan fingerprint density at radius 2 is 2.21 bits per heavy atom. The van der Waals surface area contributed by atoms with Crippen LogP contribution in [0.15, 0.2) is 52.2 Å². The Bertz CT molecular complexity index is 1050. The first-order valence-electron chi connectivity index (χ1n) is 7.41. The fraction of sp³-hybridized carbons (Fsp3) is 0.0588. The van der Waals surface area contributed by atoms with E-state index in [9.17, 15) is 0 Å². The minimum Gasteiger partial charge on any atom is -0.465 e. The van der Waals surface area contributed by atoms with Crippen LogP contribution < -0.4 is 5.43 Å². The van der Waals surface area contributed by atoms with Gasteiger partial charge >= 0.3 is 0 Å². The lowest BCUT2D eigenvalue weighted by Crippen LogP contribution is -1.98. The predicted molar refractivity (Wildman–Crippen MR) is 93.8 cm³/mol. The van der Waals surface area contributed by atoms with Crippen molar-refractivity contribution in [1.82, 2.24) is 20.2 Å². The maximum Gasteiger partial charge on any atom is 0.265 e. The van der Waals surface area contributed by atoms with Gasteiger partial charge in [0.2, 0.25) is 0 Å². The van der Waals surface area contributed by atoms with Gasteiger partial charge < -0.3 is 9.40 Å². The van der Waals surface area contributed by atoms with E-state index in [1.807, 2.05) is 31.2 Å². The van der Waals surface area contributed by atoms with Crippen LogP contribution in [0.4, 0.5) is 5.95 Å². The normalized spacial score (nSPS) is 12.0. The molecular weight excluding hydrogens is 304 g/mol. The molecule has 0 aliphatic heterocycles. The van der Waals surface area contributed by atoms with Crippen LogP contribution in [-0.4, -0.2) is 26.4 Å². The summed E-state index contributed by atoms with van der Waals surface area (Å²) in [5, 5.41) is 13.3. The lowest BCUT2D eigenvalue weighted by Gasteiger charge is -1.96. The van der Waals surface area contributed by atoms with E-state index in [2.05, 4.69) is 36.8 Å². The van der Waals surface area contributed by atoms with E-state index in [4.69, 9.17) is 4.42 Å². The Hall–Kier alpha value is -3.48. The summed E-state index contributed by atoms with van der Waals surface area (Å²) in [4.78, 5) is 7.63. The third-order valence-electron chi connectivity index (χ3n) is 3.50. The number of aryl methyl sites for hydroxylation is 1. The molecular formula is C17H14N6O. The largest absolute Gasteiger partial charge is 0.465 e. The van der Waals surface area contributed by atoms with Crippen LogP contribution in [0.3, 0.4) is 0 Å². The van der Waals surface area contributed by atoms with Crippen LogP contribution in [0, 0.1) is 6.92 Å². The van der Waals surface area contributed by atoms with Crippen LogP contribution in [0.25, 0.3) is 28.1 Å². The van der Waals surface area contributed by atoms with Gasteiger partial charge in [0, 0.05) is 17.1 Å². The van der Waals surface area contributed by atoms with Crippen molar-refractivity contribution in [2.24, 2.45) is 5.10 Å². The molecule has 118 valence electrons. The molecule has 0 aliphatic rings. The average Bonchev–Trinajstić information content (AvgIpc) is 3.21. The molecule has 0 aliphatic carbocycles. The molecule has 7 nitrogen and oxygen atoms in total. The maximum absolute atomic E-state index is 5.18. The Morgan fingerprint density at radius 3 is 3.08 bits per heavy atom. The van der Waals surface area contributed by atoms with Gasteiger partial charge in [0.25, 0.3) is 5.95 Å². The number of anilines is 1. The van der Waals surface area contributed by atoms with E-state index < -0.39 is 0 Å². The molecule has 0 fully saturated rings. The quantitative estimate of drug-likeness (QED) is 0.444. The smallest absolute Gasteiger partial charge is 0.265 e. The number of fused-ring (bicyclic) bond motifs is 3. The number of benzene rings is 1. The summed E-state index contributed by atoms with van der Waals surface area (Å²) < 4.78 is 5.18. The van der Waals surface area contributed by atoms with Crippen molar-refractivity contribution in [3.63, 3.8) is 0 Å². The number of nitrogens with one attached hydrogen (secondary N) is 2. The number of furan rings is 1. The van der Waals surface area contributed by atoms with Crippen molar-refractivity contribution >= 4 is 40.3 Å². The number of H-pyrrole nitrogens is 1. The van der Waals surface area contributed by atoms with Gasteiger partial charge in [-0.3, -0.25) is 0 Å². The second-order valence-electron chi connectivity index (χ2n) is 5.27. The predicted octanol–water partition coefficient (Wildman–Crippen LogP) is 3.52. The highest BCUT2D eigenvalue weighted by molar-refractivity contribution is 6.03. The Kier molecular flexibility index (Phi) is 3.51. The molecule has 0 amide bonds. The third kappa shape index (κ3) is 2.74. The number of hydrogen-bond acceptors (Lipinski definition) is 6. The minimum absolute atomic E-state index is 0.327. The zero-order valence-corrected chi connectivity index (χ0v) is 12.9. The Morgan fingerprint density at radius 1 is 1.25 bits per heavy atom. The molecule has 0 saturated carbocycles. The minimum atomic E-state index is 0.327. The van der Waals surface area contributed by atoms with Crippen LogP contribution in [0.1, 0.15) is 11.3 Å². The molecule has 0 saturated heterocycles. The van der Waals surface area contributed by atoms with Gasteiger partial charge in [-0.2, -0.15) is 10.1 Å². The number of allylic oxidation sites excluding steroid dienone is 1. The van der Waals surface area contributed by atoms with Gasteiger partial charge in [0.15, 0.2) is 5.65 Å². The van der Waals surface area contributed by atoms with Crippen LogP contribution in [0.2, 0.25) is 0 Å². The molecule has 0 radical (unpaired) electrons. The van der Waals surface area contributed by atoms with Gasteiger partial charge in [0.05, 0.1) is 6.26 Å². The number of aromatic amines is 1. The van der Waals surface area contributed by atoms with Gasteiger partial charge in [-0.25, -0.2) is 5.43 Å². The maximum atomic E-state index is 5.18. The van der Waals surface area contributed by atoms with Gasteiger partial charge in [-0.15, -0.1) is 10.2 Å². The summed E-state index contributed by atoms with van der Waals surface area (Å²) in [5.41, 5.74) is 6.33. The second kappa shape index (κ2) is 5.96. The molecule has 24 heavy (non-hydrogen) atoms. The van der Waals surface area contributed by atoms with Gasteiger partial charge in [-0.05, 0) is 43.3 Å². The van der Waals surface area contributed by atoms with E-state index in [0.717, 1.165) is 22.2 Å². The molecule has 7 heteroatoms. The summed E-state index contributed by atoms with van der Waals surface area (Å²) in [6.07, 6.45) is 6.76. The van der Waals surface area contributed by atoms with Crippen molar-refractivity contribution in [2.75, 3.05) is 5.43 Å². The summed E-state index contributed by atoms with van der Waals surface area (Å²) >= 11 is 0. The lowest BCUT2D eigenvalue weighted by molar-refractivity contribution is 0.557. The second-order valence-corrected chi connectivity index (χ2v) is 5.27. The van der Waals surface area contributed by atoms with Crippen molar-refractivity contribution in [1.29, 1.82) is 0 Å². The number of nitrogens with zero attached hydrogens (tertiary/aromatic N) is 4. The van der Waals surface area contributed by atoms with E-state index >= 15 is 0 Å². The lowest BCUT2D eigenvalue weighted by atomic mass is 10.2. The summed E-state index contributed by atoms with van der Waals surface area (Å²) in [7, 11) is 0. The van der Waals surface area contributed by atoms with E-state index in [-0.39, 0.29) is 0 Å². The third-order valence-corrected chi connectivity index (χ3v) is 3.50. The topological polar surface area (TPSA) is 92.0 Å². The van der Waals surface area contributed by atoms with Crippen molar-refractivity contribution < 1.29 is 4.42 Å². The molecule has 1 aromatic carbocycles. The highest BCUT2D eigenvalue weighted by Gasteiger charge is 2.08. The first-order chi connectivity index (χ1) is 11.8. The average molecular weight is 318 g/mol. The molecule has 4 rings (SSSR count). The monoisotopic (exact) mass is 318 g/mol. The zero-order chi connectivity index (χ0) is 16.4. The Labute approximate surface area is 137 Å². The summed E-state index contributed by atoms with van der Waals surface area (Å²) in [6, 6.07) is 9.80. The fourth-order valence-corrected chi connectivity index (χ4v) is 2.39. The fourth-order valence-electron chi connectivity index (χ4n) is 2.39. The van der Waals surface area contributed by atoms with Gasteiger partial charge in [-0.1, -0.05) is 11.6 Å². The molecule has 3 heterocycles. The highest BCUT2D eigenvalue weighted by Crippen LogP contribution is 2.23. The van der Waals surface area contributed by atoms with E-state index in [1.165, 1.54) is 5.56 Å². The molecule has 0 atom stereocenters. The molecule has 2 N–H and O–H groups in total. The summed E-state index contributed by atoms with van der Waals surface area (Å²) in [5.74, 6) is 1.09. The highest BCUT2D eigenvalue weighted by atomic mass is 16.3. The van der Waals surface area contributed by atoms with Crippen molar-refractivity contribution in [2.45, 2.75) is 6.92 Å². The SMILES string of the molecule is Cc1ccc2[nH]c3nc(N/N=C\C=C\c4ccco4)nnc3c2c1. The van der Waals surface area contributed by atoms with Crippen LogP contribution in [0.5, 0.6) is 0 Å². The molecule has 0 bridgehead atoms. The van der Waals surface area contributed by atoms with Gasteiger partial charge in [0.1, 0.15) is 11.3 Å². The number of hydrogen-bond donors (Lipinski definition) is 2. The van der Waals surface area contributed by atoms with Crippen LogP contribution in [-0.2, 0) is 0 Å². The standard InChI is InChI=1S/C17H14N6O/c1-11-6-7-14-13(10-11)15-16(19-14)20-17(23-21-15)22-18-8-2-4-12-5-3-9-24-12/h2-10H,1H3,(H2,19,20,22,23)/b4-2+,18-8-. The zero-order valence-electron chi connectivity index (χ0n) is 12.9. The first-order valence-corrected chi connectivity index (χ1v) is 7.41. The molecule has 0 spiro atoms. The van der Waals surface area contributed by atoms with E-state index in [0.29, 0.717) is 11.6 Å². The van der Waals surface area contributed by atoms with Crippen molar-refractivity contribution in [3.8, 4) is 0 Å². The summed E-state index contributed by atoms with van der Waals surface area (Å²) in [6.45, 7) is 2.04. The number of aromatic nitrogens is 4. The number of hydrazone groups is 1. The Balaban J connectivity index is 1.53. The van der Waals surface area contributed by atoms with E-state index in [1.54, 1.807) is 24.6 Å².